The highest BCUT2D eigenvalue weighted by atomic mass is 35.5. The lowest BCUT2D eigenvalue weighted by Crippen LogP contribution is -2.41. The van der Waals surface area contributed by atoms with Gasteiger partial charge in [-0.3, -0.25) is 4.79 Å². The van der Waals surface area contributed by atoms with Gasteiger partial charge in [0.05, 0.1) is 22.9 Å². The minimum Gasteiger partial charge on any atom is -0.345 e. The van der Waals surface area contributed by atoms with Gasteiger partial charge in [0.2, 0.25) is 0 Å². The molecular weight excluding hydrogens is 298 g/mol. The Kier molecular flexibility index (Phi) is 3.62. The van der Waals surface area contributed by atoms with Crippen LogP contribution in [-0.4, -0.2) is 15.9 Å². The zero-order valence-electron chi connectivity index (χ0n) is 12.4. The number of halogens is 1. The van der Waals surface area contributed by atoms with Gasteiger partial charge in [-0.1, -0.05) is 23.7 Å². The van der Waals surface area contributed by atoms with Crippen LogP contribution in [0.5, 0.6) is 0 Å². The van der Waals surface area contributed by atoms with Crippen molar-refractivity contribution in [3.63, 3.8) is 0 Å². The van der Waals surface area contributed by atoms with Gasteiger partial charge in [-0.2, -0.15) is 0 Å². The SMILES string of the molecule is CC(C)(NC(=O)c1ccc2nc[nH]c2c1)c1cccc(Cl)c1. The van der Waals surface area contributed by atoms with Gasteiger partial charge in [-0.15, -0.1) is 0 Å². The monoisotopic (exact) mass is 313 g/mol. The van der Waals surface area contributed by atoms with Crippen LogP contribution in [0.15, 0.2) is 48.8 Å². The van der Waals surface area contributed by atoms with Crippen LogP contribution in [0.25, 0.3) is 11.0 Å². The Bertz CT molecular complexity index is 839. The van der Waals surface area contributed by atoms with Gasteiger partial charge in [-0.25, -0.2) is 4.98 Å². The zero-order chi connectivity index (χ0) is 15.7. The molecule has 0 spiro atoms. The van der Waals surface area contributed by atoms with Crippen LogP contribution in [-0.2, 0) is 5.54 Å². The topological polar surface area (TPSA) is 57.8 Å². The van der Waals surface area contributed by atoms with Gasteiger partial charge < -0.3 is 10.3 Å². The number of nitrogens with one attached hydrogen (secondary N) is 2. The smallest absolute Gasteiger partial charge is 0.252 e. The molecule has 1 amide bonds. The molecule has 0 bridgehead atoms. The number of aromatic nitrogens is 2. The quantitative estimate of drug-likeness (QED) is 0.771. The molecule has 5 heteroatoms. The summed E-state index contributed by atoms with van der Waals surface area (Å²) in [6.07, 6.45) is 1.61. The number of benzene rings is 2. The summed E-state index contributed by atoms with van der Waals surface area (Å²) in [5, 5.41) is 3.69. The van der Waals surface area contributed by atoms with E-state index in [1.807, 2.05) is 44.2 Å². The summed E-state index contributed by atoms with van der Waals surface area (Å²) in [5.74, 6) is -0.138. The van der Waals surface area contributed by atoms with Gasteiger partial charge >= 0.3 is 0 Å². The standard InChI is InChI=1S/C17H16ClN3O/c1-17(2,12-4-3-5-13(18)9-12)21-16(22)11-6-7-14-15(8-11)20-10-19-14/h3-10H,1-2H3,(H,19,20)(H,21,22). The minimum absolute atomic E-state index is 0.138. The van der Waals surface area contributed by atoms with E-state index in [-0.39, 0.29) is 5.91 Å². The van der Waals surface area contributed by atoms with Crippen LogP contribution in [0.1, 0.15) is 29.8 Å². The average Bonchev–Trinajstić information content (AvgIpc) is 2.94. The number of aromatic amines is 1. The fourth-order valence-corrected chi connectivity index (χ4v) is 2.57. The number of hydrogen-bond donors (Lipinski definition) is 2. The highest BCUT2D eigenvalue weighted by Crippen LogP contribution is 2.23. The number of carbonyl (C=O) groups excluding carboxylic acids is 1. The van der Waals surface area contributed by atoms with Crippen molar-refractivity contribution in [1.29, 1.82) is 0 Å². The number of nitrogens with zero attached hydrogens (tertiary/aromatic N) is 1. The van der Waals surface area contributed by atoms with Gasteiger partial charge in [-0.05, 0) is 49.7 Å². The molecule has 3 rings (SSSR count). The molecule has 0 aliphatic rings. The van der Waals surface area contributed by atoms with E-state index in [9.17, 15) is 4.79 Å². The summed E-state index contributed by atoms with van der Waals surface area (Å²) in [6, 6.07) is 12.9. The van der Waals surface area contributed by atoms with Crippen molar-refractivity contribution < 1.29 is 4.79 Å². The van der Waals surface area contributed by atoms with Crippen LogP contribution in [0.4, 0.5) is 0 Å². The Labute approximate surface area is 133 Å². The maximum atomic E-state index is 12.5. The largest absolute Gasteiger partial charge is 0.345 e. The second-order valence-corrected chi connectivity index (χ2v) is 6.16. The van der Waals surface area contributed by atoms with Crippen molar-refractivity contribution in [3.05, 3.63) is 64.9 Å². The van der Waals surface area contributed by atoms with Gasteiger partial charge in [0.1, 0.15) is 0 Å². The van der Waals surface area contributed by atoms with Crippen molar-refractivity contribution in [1.82, 2.24) is 15.3 Å². The number of H-pyrrole nitrogens is 1. The van der Waals surface area contributed by atoms with Crippen molar-refractivity contribution in [2.45, 2.75) is 19.4 Å². The van der Waals surface area contributed by atoms with Crippen molar-refractivity contribution >= 4 is 28.5 Å². The van der Waals surface area contributed by atoms with E-state index in [4.69, 9.17) is 11.6 Å². The predicted molar refractivity (Wildman–Crippen MR) is 88.0 cm³/mol. The van der Waals surface area contributed by atoms with Crippen molar-refractivity contribution in [2.75, 3.05) is 0 Å². The van der Waals surface area contributed by atoms with Crippen LogP contribution in [0.3, 0.4) is 0 Å². The maximum Gasteiger partial charge on any atom is 0.252 e. The summed E-state index contributed by atoms with van der Waals surface area (Å²) >= 11 is 6.03. The molecule has 4 nitrogen and oxygen atoms in total. The Balaban J connectivity index is 1.86. The summed E-state index contributed by atoms with van der Waals surface area (Å²) < 4.78 is 0. The van der Waals surface area contributed by atoms with Gasteiger partial charge in [0.25, 0.3) is 5.91 Å². The first-order valence-corrected chi connectivity index (χ1v) is 7.35. The number of fused-ring (bicyclic) bond motifs is 1. The Morgan fingerprint density at radius 2 is 2.05 bits per heavy atom. The molecule has 2 N–H and O–H groups in total. The first-order chi connectivity index (χ1) is 10.5. The Hall–Kier alpha value is -2.33. The second kappa shape index (κ2) is 5.46. The number of carbonyl (C=O) groups is 1. The first-order valence-electron chi connectivity index (χ1n) is 6.97. The van der Waals surface area contributed by atoms with Crippen LogP contribution in [0.2, 0.25) is 5.02 Å². The molecule has 0 aliphatic heterocycles. The number of rotatable bonds is 3. The summed E-state index contributed by atoms with van der Waals surface area (Å²) in [7, 11) is 0. The molecule has 0 radical (unpaired) electrons. The summed E-state index contributed by atoms with van der Waals surface area (Å²) in [4.78, 5) is 19.7. The fraction of sp³-hybridized carbons (Fsp3) is 0.176. The Morgan fingerprint density at radius 1 is 1.23 bits per heavy atom. The number of hydrogen-bond acceptors (Lipinski definition) is 2. The molecule has 2 aromatic carbocycles. The summed E-state index contributed by atoms with van der Waals surface area (Å²) in [5.41, 5.74) is 2.70. The van der Waals surface area contributed by atoms with Gasteiger partial charge in [0.15, 0.2) is 0 Å². The molecule has 22 heavy (non-hydrogen) atoms. The highest BCUT2D eigenvalue weighted by Gasteiger charge is 2.23. The second-order valence-electron chi connectivity index (χ2n) is 5.72. The number of amides is 1. The molecule has 1 heterocycles. The van der Waals surface area contributed by atoms with Gasteiger partial charge in [0, 0.05) is 10.6 Å². The average molecular weight is 314 g/mol. The van der Waals surface area contributed by atoms with Crippen LogP contribution < -0.4 is 5.32 Å². The third-order valence-electron chi connectivity index (χ3n) is 3.65. The zero-order valence-corrected chi connectivity index (χ0v) is 13.1. The molecule has 1 aromatic heterocycles. The molecule has 0 aliphatic carbocycles. The first kappa shape index (κ1) is 14.6. The Morgan fingerprint density at radius 3 is 2.82 bits per heavy atom. The van der Waals surface area contributed by atoms with Crippen molar-refractivity contribution in [2.24, 2.45) is 0 Å². The lowest BCUT2D eigenvalue weighted by Gasteiger charge is -2.27. The molecule has 3 aromatic rings. The maximum absolute atomic E-state index is 12.5. The summed E-state index contributed by atoms with van der Waals surface area (Å²) in [6.45, 7) is 3.90. The normalized spacial score (nSPS) is 11.6. The predicted octanol–water partition coefficient (Wildman–Crippen LogP) is 3.88. The van der Waals surface area contributed by atoms with E-state index < -0.39 is 5.54 Å². The molecule has 0 unspecified atom stereocenters. The van der Waals surface area contributed by atoms with E-state index >= 15 is 0 Å². The van der Waals surface area contributed by atoms with E-state index in [1.165, 1.54) is 0 Å². The van der Waals surface area contributed by atoms with E-state index in [0.29, 0.717) is 10.6 Å². The third kappa shape index (κ3) is 2.83. The van der Waals surface area contributed by atoms with Crippen LogP contribution in [0, 0.1) is 0 Å². The molecule has 0 atom stereocenters. The molecule has 0 saturated heterocycles. The minimum atomic E-state index is -0.523. The molecular formula is C17H16ClN3O. The van der Waals surface area contributed by atoms with Crippen LogP contribution >= 0.6 is 11.6 Å². The lowest BCUT2D eigenvalue weighted by atomic mass is 9.94. The van der Waals surface area contributed by atoms with E-state index in [0.717, 1.165) is 16.6 Å². The molecule has 0 fully saturated rings. The molecule has 0 saturated carbocycles. The van der Waals surface area contributed by atoms with Crippen molar-refractivity contribution in [3.8, 4) is 0 Å². The lowest BCUT2D eigenvalue weighted by molar-refractivity contribution is 0.0912. The molecule has 112 valence electrons. The fourth-order valence-electron chi connectivity index (χ4n) is 2.38. The highest BCUT2D eigenvalue weighted by molar-refractivity contribution is 6.30. The third-order valence-corrected chi connectivity index (χ3v) is 3.89. The van der Waals surface area contributed by atoms with E-state index in [2.05, 4.69) is 15.3 Å². The number of imidazole rings is 1. The van der Waals surface area contributed by atoms with E-state index in [1.54, 1.807) is 18.5 Å².